The van der Waals surface area contributed by atoms with E-state index in [1.165, 1.54) is 0 Å². The van der Waals surface area contributed by atoms with Crippen molar-refractivity contribution in [2.45, 2.75) is 0 Å². The largest absolute Gasteiger partial charge is 0.480 e. The van der Waals surface area contributed by atoms with Gasteiger partial charge in [0.1, 0.15) is 0 Å². The van der Waals surface area contributed by atoms with E-state index in [1.807, 2.05) is 4.90 Å². The third kappa shape index (κ3) is 5.90. The second-order valence-electron chi connectivity index (χ2n) is 2.97. The summed E-state index contributed by atoms with van der Waals surface area (Å²) in [4.78, 5) is 14.5. The van der Waals surface area contributed by atoms with Crippen LogP contribution < -0.4 is 0 Å². The summed E-state index contributed by atoms with van der Waals surface area (Å²) in [6, 6.07) is 0. The van der Waals surface area contributed by atoms with E-state index in [2.05, 4.69) is 24.6 Å². The summed E-state index contributed by atoms with van der Waals surface area (Å²) in [5, 5.41) is 8.48. The molecule has 1 saturated heterocycles. The van der Waals surface area contributed by atoms with Crippen LogP contribution in [-0.4, -0.2) is 66.9 Å². The van der Waals surface area contributed by atoms with Crippen molar-refractivity contribution in [1.82, 2.24) is 9.80 Å². The van der Waals surface area contributed by atoms with E-state index in [-0.39, 0.29) is 6.54 Å². The highest BCUT2D eigenvalue weighted by atomic mass is 32.1. The fraction of sp³-hybridized carbons (Fsp3) is 0.875. The Kier molecular flexibility index (Phi) is 7.03. The molecule has 0 saturated carbocycles. The first-order valence-electron chi connectivity index (χ1n) is 4.26. The molecule has 0 aliphatic carbocycles. The molecule has 1 rings (SSSR count). The molecule has 4 nitrogen and oxygen atoms in total. The van der Waals surface area contributed by atoms with Gasteiger partial charge in [-0.3, -0.25) is 9.69 Å². The zero-order valence-electron chi connectivity index (χ0n) is 8.23. The Bertz CT molecular complexity index is 147. The zero-order valence-corrected chi connectivity index (χ0v) is 9.13. The van der Waals surface area contributed by atoms with Crippen molar-refractivity contribution in [2.24, 2.45) is 0 Å². The number of carbonyl (C=O) groups is 1. The zero-order chi connectivity index (χ0) is 10.3. The molecule has 1 fully saturated rings. The summed E-state index contributed by atoms with van der Waals surface area (Å²) in [5.41, 5.74) is 0. The lowest BCUT2D eigenvalue weighted by atomic mass is 10.3. The van der Waals surface area contributed by atoms with Gasteiger partial charge in [-0.1, -0.05) is 0 Å². The monoisotopic (exact) mass is 206 g/mol. The Morgan fingerprint density at radius 3 is 2.15 bits per heavy atom. The number of piperazine rings is 1. The molecule has 0 amide bonds. The maximum Gasteiger partial charge on any atom is 0.317 e. The van der Waals surface area contributed by atoms with Crippen LogP contribution in [0.5, 0.6) is 0 Å². The van der Waals surface area contributed by atoms with Gasteiger partial charge in [-0.2, -0.15) is 12.6 Å². The SMILES string of the molecule is CN1CCN(CC(=O)O)CC1.CS. The fourth-order valence-corrected chi connectivity index (χ4v) is 1.20. The molecule has 0 atom stereocenters. The lowest BCUT2D eigenvalue weighted by Crippen LogP contribution is -2.46. The third-order valence-corrected chi connectivity index (χ3v) is 1.95. The van der Waals surface area contributed by atoms with Gasteiger partial charge in [0, 0.05) is 26.2 Å². The van der Waals surface area contributed by atoms with E-state index < -0.39 is 5.97 Å². The van der Waals surface area contributed by atoms with Crippen molar-refractivity contribution in [3.05, 3.63) is 0 Å². The Morgan fingerprint density at radius 1 is 1.31 bits per heavy atom. The van der Waals surface area contributed by atoms with Gasteiger partial charge in [-0.05, 0) is 13.3 Å². The standard InChI is InChI=1S/C7H14N2O2.CH4S/c1-8-2-4-9(5-3-8)6-7(10)11;1-2/h2-6H2,1H3,(H,10,11);2H,1H3. The van der Waals surface area contributed by atoms with Crippen LogP contribution in [-0.2, 0) is 4.79 Å². The molecule has 0 aromatic rings. The van der Waals surface area contributed by atoms with E-state index in [0.29, 0.717) is 0 Å². The summed E-state index contributed by atoms with van der Waals surface area (Å²) < 4.78 is 0. The predicted octanol–water partition coefficient (Wildman–Crippen LogP) is -0.136. The normalized spacial score (nSPS) is 19.0. The number of nitrogens with zero attached hydrogens (tertiary/aromatic N) is 2. The van der Waals surface area contributed by atoms with Gasteiger partial charge in [0.2, 0.25) is 0 Å². The van der Waals surface area contributed by atoms with Crippen LogP contribution in [0.2, 0.25) is 0 Å². The summed E-state index contributed by atoms with van der Waals surface area (Å²) in [6.45, 7) is 3.90. The van der Waals surface area contributed by atoms with E-state index in [4.69, 9.17) is 5.11 Å². The lowest BCUT2D eigenvalue weighted by Gasteiger charge is -2.30. The van der Waals surface area contributed by atoms with Gasteiger partial charge in [-0.15, -0.1) is 0 Å². The maximum atomic E-state index is 10.3. The minimum Gasteiger partial charge on any atom is -0.480 e. The predicted molar refractivity (Wildman–Crippen MR) is 56.5 cm³/mol. The highest BCUT2D eigenvalue weighted by Crippen LogP contribution is 1.97. The van der Waals surface area contributed by atoms with Gasteiger partial charge in [-0.25, -0.2) is 0 Å². The quantitative estimate of drug-likeness (QED) is 0.618. The highest BCUT2D eigenvalue weighted by Gasteiger charge is 2.15. The van der Waals surface area contributed by atoms with Crippen molar-refractivity contribution >= 4 is 18.6 Å². The van der Waals surface area contributed by atoms with Gasteiger partial charge in [0.15, 0.2) is 0 Å². The molecule has 1 N–H and O–H groups in total. The van der Waals surface area contributed by atoms with E-state index in [0.717, 1.165) is 26.2 Å². The van der Waals surface area contributed by atoms with Gasteiger partial charge < -0.3 is 10.0 Å². The molecule has 0 radical (unpaired) electrons. The molecule has 78 valence electrons. The minimum atomic E-state index is -0.727. The van der Waals surface area contributed by atoms with Crippen LogP contribution in [0, 0.1) is 0 Å². The first kappa shape index (κ1) is 12.7. The lowest BCUT2D eigenvalue weighted by molar-refractivity contribution is -0.138. The summed E-state index contributed by atoms with van der Waals surface area (Å²) >= 11 is 3.53. The Hall–Kier alpha value is -0.260. The van der Waals surface area contributed by atoms with E-state index in [1.54, 1.807) is 6.26 Å². The maximum absolute atomic E-state index is 10.3. The first-order chi connectivity index (χ1) is 6.18. The molecular formula is C8H18N2O2S. The topological polar surface area (TPSA) is 43.8 Å². The van der Waals surface area contributed by atoms with Crippen LogP contribution in [0.1, 0.15) is 0 Å². The first-order valence-corrected chi connectivity index (χ1v) is 5.15. The third-order valence-electron chi connectivity index (χ3n) is 1.95. The number of likely N-dealkylation sites (N-methyl/N-ethyl adjacent to an activating group) is 1. The van der Waals surface area contributed by atoms with Crippen molar-refractivity contribution in [3.63, 3.8) is 0 Å². The second-order valence-corrected chi connectivity index (χ2v) is 2.97. The molecule has 1 aliphatic rings. The number of carboxylic acids is 1. The number of thiol groups is 1. The summed E-state index contributed by atoms with van der Waals surface area (Å²) in [6.07, 6.45) is 1.69. The van der Waals surface area contributed by atoms with Crippen LogP contribution in [0.25, 0.3) is 0 Å². The van der Waals surface area contributed by atoms with Crippen molar-refractivity contribution in [2.75, 3.05) is 46.0 Å². The van der Waals surface area contributed by atoms with Crippen LogP contribution in [0.4, 0.5) is 0 Å². The number of hydrogen-bond donors (Lipinski definition) is 2. The van der Waals surface area contributed by atoms with Crippen molar-refractivity contribution in [3.8, 4) is 0 Å². The molecule has 13 heavy (non-hydrogen) atoms. The fourth-order valence-electron chi connectivity index (χ4n) is 1.20. The van der Waals surface area contributed by atoms with Crippen LogP contribution >= 0.6 is 12.6 Å². The molecule has 0 aromatic heterocycles. The van der Waals surface area contributed by atoms with Crippen LogP contribution in [0.3, 0.4) is 0 Å². The number of carboxylic acid groups (broad SMARTS) is 1. The minimum absolute atomic E-state index is 0.188. The molecule has 0 spiro atoms. The molecule has 1 aliphatic heterocycles. The summed E-state index contributed by atoms with van der Waals surface area (Å²) in [5.74, 6) is -0.727. The smallest absolute Gasteiger partial charge is 0.317 e. The van der Waals surface area contributed by atoms with E-state index in [9.17, 15) is 4.79 Å². The van der Waals surface area contributed by atoms with E-state index >= 15 is 0 Å². The van der Waals surface area contributed by atoms with Crippen molar-refractivity contribution < 1.29 is 9.90 Å². The molecule has 1 heterocycles. The summed E-state index contributed by atoms with van der Waals surface area (Å²) in [7, 11) is 2.05. The van der Waals surface area contributed by atoms with Crippen molar-refractivity contribution in [1.29, 1.82) is 0 Å². The molecule has 0 bridgehead atoms. The average Bonchev–Trinajstić information content (AvgIpc) is 2.12. The molecule has 5 heteroatoms. The van der Waals surface area contributed by atoms with Gasteiger partial charge >= 0.3 is 5.97 Å². The Balaban J connectivity index is 0.000000671. The highest BCUT2D eigenvalue weighted by molar-refractivity contribution is 7.79. The molecule has 0 aromatic carbocycles. The average molecular weight is 206 g/mol. The number of aliphatic carboxylic acids is 1. The number of hydrogen-bond acceptors (Lipinski definition) is 4. The Morgan fingerprint density at radius 2 is 1.77 bits per heavy atom. The molecular weight excluding hydrogens is 188 g/mol. The Labute approximate surface area is 84.9 Å². The van der Waals surface area contributed by atoms with Gasteiger partial charge in [0.25, 0.3) is 0 Å². The van der Waals surface area contributed by atoms with Crippen LogP contribution in [0.15, 0.2) is 0 Å². The molecule has 0 unspecified atom stereocenters. The number of rotatable bonds is 2. The second kappa shape index (κ2) is 7.17. The van der Waals surface area contributed by atoms with Gasteiger partial charge in [0.05, 0.1) is 6.54 Å².